The Bertz CT molecular complexity index is 858. The maximum Gasteiger partial charge on any atom is 0.417 e. The zero-order chi connectivity index (χ0) is 19.4. The minimum atomic E-state index is -4.68. The van der Waals surface area contributed by atoms with Crippen LogP contribution in [0.15, 0.2) is 48.5 Å². The lowest BCUT2D eigenvalue weighted by molar-refractivity contribution is -0.138. The summed E-state index contributed by atoms with van der Waals surface area (Å²) in [5.41, 5.74) is -2.43. The second-order valence-corrected chi connectivity index (χ2v) is 5.11. The van der Waals surface area contributed by atoms with Crippen LogP contribution in [0.1, 0.15) is 27.0 Å². The molecule has 2 nitrogen and oxygen atoms in total. The van der Waals surface area contributed by atoms with Crippen LogP contribution >= 0.6 is 0 Å². The van der Waals surface area contributed by atoms with Crippen molar-refractivity contribution in [1.82, 2.24) is 5.32 Å². The van der Waals surface area contributed by atoms with E-state index in [-0.39, 0.29) is 12.1 Å². The van der Waals surface area contributed by atoms with Crippen LogP contribution in [0.2, 0.25) is 0 Å². The molecule has 0 fully saturated rings. The van der Waals surface area contributed by atoms with Gasteiger partial charge in [0.15, 0.2) is 0 Å². The van der Waals surface area contributed by atoms with E-state index in [1.807, 2.05) is 0 Å². The summed E-state index contributed by atoms with van der Waals surface area (Å²) in [5.74, 6) is 3.85. The Morgan fingerprint density at radius 2 is 1.62 bits per heavy atom. The van der Waals surface area contributed by atoms with Crippen LogP contribution in [0.25, 0.3) is 0 Å². The average Bonchev–Trinajstić information content (AvgIpc) is 2.57. The van der Waals surface area contributed by atoms with Gasteiger partial charge in [0.25, 0.3) is 5.91 Å². The lowest BCUT2D eigenvalue weighted by atomic mass is 10.1. The smallest absolute Gasteiger partial charge is 0.341 e. The fourth-order valence-corrected chi connectivity index (χ4v) is 2.07. The van der Waals surface area contributed by atoms with Crippen LogP contribution in [-0.4, -0.2) is 12.5 Å². The highest BCUT2D eigenvalue weighted by Crippen LogP contribution is 2.31. The molecule has 2 rings (SSSR count). The molecule has 0 radical (unpaired) electrons. The van der Waals surface area contributed by atoms with Crippen molar-refractivity contribution in [2.75, 3.05) is 6.54 Å². The molecule has 0 bridgehead atoms. The number of benzene rings is 2. The van der Waals surface area contributed by atoms with Crippen LogP contribution in [0, 0.1) is 11.8 Å². The molecule has 0 aromatic heterocycles. The maximum atomic E-state index is 12.9. The number of carbonyl (C=O) groups is 1. The molecule has 26 heavy (non-hydrogen) atoms. The maximum absolute atomic E-state index is 12.9. The summed E-state index contributed by atoms with van der Waals surface area (Å²) in [4.78, 5) is 11.9. The molecule has 0 saturated heterocycles. The van der Waals surface area contributed by atoms with E-state index < -0.39 is 35.0 Å². The van der Waals surface area contributed by atoms with Gasteiger partial charge in [-0.2, -0.15) is 26.3 Å². The molecular formula is C18H11F6NO. The minimum absolute atomic E-state index is 0.0739. The minimum Gasteiger partial charge on any atom is -0.341 e. The Kier molecular flexibility index (Phi) is 5.60. The highest BCUT2D eigenvalue weighted by Gasteiger charge is 2.34. The number of hydrogen-bond donors (Lipinski definition) is 1. The molecule has 0 aliphatic carbocycles. The van der Waals surface area contributed by atoms with Gasteiger partial charge in [0.1, 0.15) is 0 Å². The largest absolute Gasteiger partial charge is 0.417 e. The van der Waals surface area contributed by atoms with Gasteiger partial charge in [0.2, 0.25) is 0 Å². The van der Waals surface area contributed by atoms with E-state index in [1.54, 1.807) is 0 Å². The summed E-state index contributed by atoms with van der Waals surface area (Å²) < 4.78 is 76.3. The topological polar surface area (TPSA) is 29.1 Å². The normalized spacial score (nSPS) is 11.5. The van der Waals surface area contributed by atoms with Crippen molar-refractivity contribution >= 4 is 5.91 Å². The first kappa shape index (κ1) is 19.4. The van der Waals surface area contributed by atoms with Gasteiger partial charge < -0.3 is 5.32 Å². The van der Waals surface area contributed by atoms with E-state index in [2.05, 4.69) is 17.2 Å². The van der Waals surface area contributed by atoms with Gasteiger partial charge in [-0.25, -0.2) is 0 Å². The molecule has 1 amide bonds. The lowest BCUT2D eigenvalue weighted by Crippen LogP contribution is -2.26. The summed E-state index contributed by atoms with van der Waals surface area (Å²) in [7, 11) is 0. The van der Waals surface area contributed by atoms with Gasteiger partial charge in [-0.05, 0) is 30.3 Å². The lowest BCUT2D eigenvalue weighted by Gasteiger charge is -2.11. The monoisotopic (exact) mass is 371 g/mol. The predicted octanol–water partition coefficient (Wildman–Crippen LogP) is 4.51. The summed E-state index contributed by atoms with van der Waals surface area (Å²) in [6.45, 7) is -0.318. The highest BCUT2D eigenvalue weighted by molar-refractivity contribution is 5.96. The SMILES string of the molecule is O=C(NCC#Cc1cccc(C(F)(F)F)c1)c1ccccc1C(F)(F)F. The fraction of sp³-hybridized carbons (Fsp3) is 0.167. The van der Waals surface area contributed by atoms with E-state index in [9.17, 15) is 31.1 Å². The number of carbonyl (C=O) groups excluding carboxylic acids is 1. The van der Waals surface area contributed by atoms with Crippen molar-refractivity contribution in [3.63, 3.8) is 0 Å². The van der Waals surface area contributed by atoms with E-state index in [0.717, 1.165) is 30.3 Å². The first-order valence-electron chi connectivity index (χ1n) is 7.19. The molecule has 0 aliphatic heterocycles. The second-order valence-electron chi connectivity index (χ2n) is 5.11. The molecule has 0 saturated carbocycles. The molecule has 1 N–H and O–H groups in total. The Labute approximate surface area is 144 Å². The van der Waals surface area contributed by atoms with Crippen molar-refractivity contribution in [3.8, 4) is 11.8 Å². The van der Waals surface area contributed by atoms with Crippen LogP contribution < -0.4 is 5.32 Å². The van der Waals surface area contributed by atoms with E-state index in [1.165, 1.54) is 18.2 Å². The van der Waals surface area contributed by atoms with Gasteiger partial charge in [-0.1, -0.05) is 30.0 Å². The summed E-state index contributed by atoms with van der Waals surface area (Å²) in [6.07, 6.45) is -9.19. The Morgan fingerprint density at radius 3 is 2.27 bits per heavy atom. The first-order valence-corrected chi connectivity index (χ1v) is 7.19. The van der Waals surface area contributed by atoms with E-state index >= 15 is 0 Å². The van der Waals surface area contributed by atoms with Crippen molar-refractivity contribution < 1.29 is 31.1 Å². The Morgan fingerprint density at radius 1 is 0.923 bits per heavy atom. The summed E-state index contributed by atoms with van der Waals surface area (Å²) in [6, 6.07) is 8.52. The zero-order valence-electron chi connectivity index (χ0n) is 13.0. The van der Waals surface area contributed by atoms with Crippen molar-refractivity contribution in [2.24, 2.45) is 0 Å². The Hall–Kier alpha value is -2.95. The molecule has 0 aliphatic rings. The van der Waals surface area contributed by atoms with Crippen LogP contribution in [0.4, 0.5) is 26.3 Å². The number of amides is 1. The third kappa shape index (κ3) is 5.02. The van der Waals surface area contributed by atoms with Crippen LogP contribution in [-0.2, 0) is 12.4 Å². The molecule has 0 spiro atoms. The highest BCUT2D eigenvalue weighted by atomic mass is 19.4. The summed E-state index contributed by atoms with van der Waals surface area (Å²) in [5, 5.41) is 2.19. The third-order valence-corrected chi connectivity index (χ3v) is 3.24. The van der Waals surface area contributed by atoms with Crippen LogP contribution in [0.5, 0.6) is 0 Å². The number of halogens is 6. The van der Waals surface area contributed by atoms with Gasteiger partial charge >= 0.3 is 12.4 Å². The predicted molar refractivity (Wildman–Crippen MR) is 82.1 cm³/mol. The van der Waals surface area contributed by atoms with E-state index in [0.29, 0.717) is 0 Å². The van der Waals surface area contributed by atoms with Gasteiger partial charge in [-0.3, -0.25) is 4.79 Å². The quantitative estimate of drug-likeness (QED) is 0.611. The average molecular weight is 371 g/mol. The second kappa shape index (κ2) is 7.52. The van der Waals surface area contributed by atoms with Crippen molar-refractivity contribution in [1.29, 1.82) is 0 Å². The van der Waals surface area contributed by atoms with Crippen molar-refractivity contribution in [3.05, 3.63) is 70.8 Å². The first-order chi connectivity index (χ1) is 12.1. The molecule has 136 valence electrons. The van der Waals surface area contributed by atoms with Crippen molar-refractivity contribution in [2.45, 2.75) is 12.4 Å². The molecule has 0 heterocycles. The van der Waals surface area contributed by atoms with E-state index in [4.69, 9.17) is 0 Å². The molecule has 0 unspecified atom stereocenters. The van der Waals surface area contributed by atoms with Gasteiger partial charge in [0, 0.05) is 5.56 Å². The number of rotatable bonds is 2. The standard InChI is InChI=1S/C18H11F6NO/c19-17(20,21)13-7-3-5-12(11-13)6-4-10-25-16(26)14-8-1-2-9-15(14)18(22,23)24/h1-3,5,7-9,11H,10H2,(H,25,26). The van der Waals surface area contributed by atoms with Crippen LogP contribution in [0.3, 0.4) is 0 Å². The Balaban J connectivity index is 2.06. The van der Waals surface area contributed by atoms with Gasteiger partial charge in [0.05, 0.1) is 23.2 Å². The fourth-order valence-electron chi connectivity index (χ4n) is 2.07. The number of nitrogens with one attached hydrogen (secondary N) is 1. The summed E-state index contributed by atoms with van der Waals surface area (Å²) >= 11 is 0. The molecular weight excluding hydrogens is 360 g/mol. The molecule has 8 heteroatoms. The zero-order valence-corrected chi connectivity index (χ0v) is 13.0. The van der Waals surface area contributed by atoms with Gasteiger partial charge in [-0.15, -0.1) is 0 Å². The number of hydrogen-bond acceptors (Lipinski definition) is 1. The molecule has 2 aromatic carbocycles. The third-order valence-electron chi connectivity index (χ3n) is 3.24. The number of alkyl halides is 6. The molecule has 0 atom stereocenters. The molecule has 2 aromatic rings.